The van der Waals surface area contributed by atoms with E-state index in [1.165, 1.54) is 51.5 Å². The first-order valence-corrected chi connectivity index (χ1v) is 28.4. The standard InChI is InChI=1S/C13H19N3.C10H9N3O2.C10H18N2.C9H13N3O.C8H11N3O.C8H14N2.C6H10N2/c1-8-7-9(2)16-12(14-8)10(3)11(15-16)13(4,5)6;1-7-6-11-12-10(7)8-3-2-4-9(5-8)13(14)15;1-6-12-7-8(2)9(11-12)10(3,4)5;1-4-5-13-10-6-9-8(2)7-12(3)11-9;1-3-4-12-10-6-8-7(2)5-9-11-8;1-6-5-9-10-7(6)8(2,3)4;1-5-4-7-8(3)6(5)2/h7H,1-6H3;2-6H,1H3,(H,11,12);7H,6H2,1-5H3;4,6-7H,1,5H2,2-3H3;3,5-6H,1,4H2,2H3,(H,9,11);5H,1-4H3,(H,9,10);4H,1-3H3/b;;;2*10-6+;;. The van der Waals surface area contributed by atoms with Gasteiger partial charge in [-0.25, -0.2) is 9.50 Å². The minimum absolute atomic E-state index is 0.0676. The highest BCUT2D eigenvalue weighted by atomic mass is 16.6. The first-order valence-electron chi connectivity index (χ1n) is 28.4. The van der Waals surface area contributed by atoms with Gasteiger partial charge in [-0.1, -0.05) is 110 Å². The monoisotopic (exact) mass is 1180 g/mol. The van der Waals surface area contributed by atoms with E-state index in [1.54, 1.807) is 47.7 Å². The molecule has 1 aromatic carbocycles. The summed E-state index contributed by atoms with van der Waals surface area (Å²) in [7, 11) is 3.82. The van der Waals surface area contributed by atoms with Gasteiger partial charge in [0, 0.05) is 95.3 Å². The summed E-state index contributed by atoms with van der Waals surface area (Å²) in [5, 5.41) is 55.7. The van der Waals surface area contributed by atoms with Gasteiger partial charge in [0.2, 0.25) is 0 Å². The van der Waals surface area contributed by atoms with Crippen molar-refractivity contribution in [2.45, 2.75) is 161 Å². The van der Waals surface area contributed by atoms with E-state index in [4.69, 9.17) is 9.68 Å². The van der Waals surface area contributed by atoms with Gasteiger partial charge >= 0.3 is 0 Å². The lowest BCUT2D eigenvalue weighted by atomic mass is 9.90. The lowest BCUT2D eigenvalue weighted by Gasteiger charge is -2.16. The fourth-order valence-electron chi connectivity index (χ4n) is 8.30. The third-order valence-electron chi connectivity index (χ3n) is 12.9. The zero-order valence-electron chi connectivity index (χ0n) is 55.0. The highest BCUT2D eigenvalue weighted by Crippen LogP contribution is 2.28. The van der Waals surface area contributed by atoms with Crippen molar-refractivity contribution in [3.05, 3.63) is 187 Å². The van der Waals surface area contributed by atoms with Gasteiger partial charge in [0.1, 0.15) is 18.9 Å². The molecule has 8 aromatic heterocycles. The molecule has 0 unspecified atom stereocenters. The van der Waals surface area contributed by atoms with E-state index < -0.39 is 4.92 Å². The second kappa shape index (κ2) is 32.8. The van der Waals surface area contributed by atoms with Crippen molar-refractivity contribution in [1.82, 2.24) is 74.5 Å². The number of hydrogen-bond acceptors (Lipinski definition) is 14. The van der Waals surface area contributed by atoms with Crippen LogP contribution in [0, 0.1) is 79.4 Å². The molecule has 0 radical (unpaired) electrons. The zero-order chi connectivity index (χ0) is 64.7. The van der Waals surface area contributed by atoms with Gasteiger partial charge in [0.15, 0.2) is 5.65 Å². The van der Waals surface area contributed by atoms with Crippen molar-refractivity contribution >= 4 is 23.8 Å². The smallest absolute Gasteiger partial charge is 0.270 e. The Morgan fingerprint density at radius 3 is 1.67 bits per heavy atom. The van der Waals surface area contributed by atoms with Crippen molar-refractivity contribution < 1.29 is 14.6 Å². The van der Waals surface area contributed by atoms with Crippen molar-refractivity contribution in [2.75, 3.05) is 13.2 Å². The van der Waals surface area contributed by atoms with Crippen LogP contribution in [0.15, 0.2) is 103 Å². The van der Waals surface area contributed by atoms with Crippen LogP contribution in [0.2, 0.25) is 0 Å². The molecule has 8 heterocycles. The molecule has 3 N–H and O–H groups in total. The molecule has 22 heteroatoms. The molecule has 0 amide bonds. The maximum absolute atomic E-state index is 10.6. The first-order chi connectivity index (χ1) is 40.2. The number of nitro benzene ring substituents is 1. The summed E-state index contributed by atoms with van der Waals surface area (Å²) in [6.45, 7) is 50.9. The van der Waals surface area contributed by atoms with Crippen LogP contribution in [0.5, 0.6) is 0 Å². The molecule has 0 aliphatic carbocycles. The number of nitro groups is 1. The molecule has 22 nitrogen and oxygen atoms in total. The Labute approximate surface area is 508 Å². The van der Waals surface area contributed by atoms with Gasteiger partial charge in [0.25, 0.3) is 5.69 Å². The number of rotatable bonds is 11. The highest BCUT2D eigenvalue weighted by Gasteiger charge is 2.23. The highest BCUT2D eigenvalue weighted by molar-refractivity contribution is 5.78. The first kappa shape index (κ1) is 71.2. The number of aryl methyl sites for hydroxylation is 12. The Morgan fingerprint density at radius 1 is 0.663 bits per heavy atom. The SMILES string of the molecule is C=CCO/N=C/c1[nH]ncc1C.C=CCO/N=C/c1nn(C)cc1C.CCn1cc(C)c(C(C)(C)C)n1.Cc1cc(C)n2nc(C(C)(C)C)c(C)c2n1.Cc1cn[nH]c1-c1cccc([N+](=O)[O-])c1.Cc1cn[nH]c1C(C)(C)C.Cc1cnn(C)c1C. The number of oxime groups is 2. The number of aromatic nitrogens is 15. The number of hydrogen-bond donors (Lipinski definition) is 3. The molecule has 0 saturated carbocycles. The number of non-ortho nitro benzene ring substituents is 1. The fraction of sp³-hybridized carbons (Fsp3) is 0.438. The van der Waals surface area contributed by atoms with Crippen molar-refractivity contribution in [1.29, 1.82) is 0 Å². The second-order valence-electron chi connectivity index (χ2n) is 23.7. The van der Waals surface area contributed by atoms with Crippen LogP contribution in [0.4, 0.5) is 5.69 Å². The van der Waals surface area contributed by atoms with E-state index in [0.29, 0.717) is 13.2 Å². The molecule has 9 aromatic rings. The summed E-state index contributed by atoms with van der Waals surface area (Å²) in [6, 6.07) is 8.53. The Morgan fingerprint density at radius 2 is 1.26 bits per heavy atom. The quantitative estimate of drug-likeness (QED) is 0.0359. The maximum Gasteiger partial charge on any atom is 0.270 e. The normalized spacial score (nSPS) is 11.1. The van der Waals surface area contributed by atoms with Crippen LogP contribution in [0.25, 0.3) is 16.9 Å². The van der Waals surface area contributed by atoms with Crippen LogP contribution in [-0.2, 0) is 46.6 Å². The predicted molar refractivity (Wildman–Crippen MR) is 346 cm³/mol. The number of aromatic amines is 3. The maximum atomic E-state index is 10.6. The molecule has 9 rings (SSSR count). The number of H-pyrrole nitrogens is 3. The van der Waals surface area contributed by atoms with E-state index in [1.807, 2.05) is 80.3 Å². The van der Waals surface area contributed by atoms with Gasteiger partial charge in [0.05, 0.1) is 64.9 Å². The van der Waals surface area contributed by atoms with Gasteiger partial charge < -0.3 is 9.68 Å². The molecule has 464 valence electrons. The van der Waals surface area contributed by atoms with Crippen LogP contribution < -0.4 is 0 Å². The van der Waals surface area contributed by atoms with Gasteiger partial charge in [-0.2, -0.15) is 35.7 Å². The molecule has 0 aliphatic heterocycles. The molecule has 0 atom stereocenters. The lowest BCUT2D eigenvalue weighted by molar-refractivity contribution is -0.384. The predicted octanol–water partition coefficient (Wildman–Crippen LogP) is 13.3. The fourth-order valence-corrected chi connectivity index (χ4v) is 8.30. The number of nitrogens with zero attached hydrogens (tertiary/aromatic N) is 15. The Hall–Kier alpha value is -9.08. The summed E-state index contributed by atoms with van der Waals surface area (Å²) in [5.74, 6) is 0. The van der Waals surface area contributed by atoms with Crippen LogP contribution in [0.3, 0.4) is 0 Å². The molecule has 0 aliphatic rings. The summed E-state index contributed by atoms with van der Waals surface area (Å²) in [5.41, 5.74) is 19.9. The molecule has 0 bridgehead atoms. The molecule has 0 spiro atoms. The van der Waals surface area contributed by atoms with E-state index in [9.17, 15) is 10.1 Å². The average Bonchev–Trinajstić information content (AvgIpc) is 3.69. The third-order valence-corrected chi connectivity index (χ3v) is 12.9. The summed E-state index contributed by atoms with van der Waals surface area (Å²) in [4.78, 5) is 24.4. The third kappa shape index (κ3) is 22.2. The van der Waals surface area contributed by atoms with Gasteiger partial charge in [-0.15, -0.1) is 0 Å². The molecule has 0 saturated heterocycles. The molecular formula is C64H94N18O4. The number of nitrogens with one attached hydrogen (secondary N) is 3. The summed E-state index contributed by atoms with van der Waals surface area (Å²) >= 11 is 0. The second-order valence-corrected chi connectivity index (χ2v) is 23.7. The molecule has 86 heavy (non-hydrogen) atoms. The minimum Gasteiger partial charge on any atom is -0.392 e. The van der Waals surface area contributed by atoms with Crippen LogP contribution in [0.1, 0.15) is 154 Å². The van der Waals surface area contributed by atoms with E-state index >= 15 is 0 Å². The topological polar surface area (TPSA) is 256 Å². The Kier molecular flexibility index (Phi) is 27.2. The lowest BCUT2D eigenvalue weighted by Crippen LogP contribution is -2.14. The van der Waals surface area contributed by atoms with Gasteiger partial charge in [-0.3, -0.25) is 39.5 Å². The molecular weight excluding hydrogens is 1080 g/mol. The average molecular weight is 1180 g/mol. The minimum atomic E-state index is -0.408. The summed E-state index contributed by atoms with van der Waals surface area (Å²) < 4.78 is 7.55. The van der Waals surface area contributed by atoms with Crippen molar-refractivity contribution in [3.8, 4) is 11.3 Å². The summed E-state index contributed by atoms with van der Waals surface area (Å²) in [6.07, 6.45) is 17.7. The van der Waals surface area contributed by atoms with Crippen molar-refractivity contribution in [2.24, 2.45) is 24.4 Å². The van der Waals surface area contributed by atoms with E-state index in [-0.39, 0.29) is 21.9 Å². The van der Waals surface area contributed by atoms with E-state index in [0.717, 1.165) is 68.6 Å². The van der Waals surface area contributed by atoms with Crippen LogP contribution in [-0.4, -0.2) is 105 Å². The van der Waals surface area contributed by atoms with Crippen molar-refractivity contribution in [3.63, 3.8) is 0 Å². The molecule has 0 fully saturated rings. The van der Waals surface area contributed by atoms with Crippen LogP contribution >= 0.6 is 0 Å². The van der Waals surface area contributed by atoms with E-state index in [2.05, 4.69) is 202 Å². The number of benzene rings is 1. The Bertz CT molecular complexity index is 3590. The van der Waals surface area contributed by atoms with Gasteiger partial charge in [-0.05, 0) is 116 Å². The number of fused-ring (bicyclic) bond motifs is 1. The Balaban J connectivity index is 0.000000265. The zero-order valence-corrected chi connectivity index (χ0v) is 55.0. The largest absolute Gasteiger partial charge is 0.392 e.